The van der Waals surface area contributed by atoms with E-state index in [1.807, 2.05) is 19.1 Å². The van der Waals surface area contributed by atoms with E-state index in [0.717, 1.165) is 24.8 Å². The van der Waals surface area contributed by atoms with E-state index in [0.29, 0.717) is 12.2 Å². The number of benzene rings is 1. The molecule has 4 nitrogen and oxygen atoms in total. The third kappa shape index (κ3) is 15.8. The van der Waals surface area contributed by atoms with Gasteiger partial charge in [0.25, 0.3) is 0 Å². The summed E-state index contributed by atoms with van der Waals surface area (Å²) < 4.78 is 40.8. The Balaban J connectivity index is 0.0000109. The minimum absolute atomic E-state index is 0. The predicted molar refractivity (Wildman–Crippen MR) is 139 cm³/mol. The summed E-state index contributed by atoms with van der Waals surface area (Å²) in [4.78, 5) is 0. The molecule has 0 N–H and O–H groups in total. The van der Waals surface area contributed by atoms with Crippen molar-refractivity contribution in [2.45, 2.75) is 142 Å². The van der Waals surface area contributed by atoms with E-state index in [1.54, 1.807) is 0 Å². The van der Waals surface area contributed by atoms with Crippen LogP contribution >= 0.6 is 0 Å². The van der Waals surface area contributed by atoms with Crippen LogP contribution in [-0.2, 0) is 23.0 Å². The molecule has 1 unspecified atom stereocenters. The van der Waals surface area contributed by atoms with Gasteiger partial charge in [0.1, 0.15) is 15.9 Å². The van der Waals surface area contributed by atoms with Crippen LogP contribution in [0, 0.1) is 0 Å². The molecule has 0 radical (unpaired) electrons. The normalized spacial score (nSPS) is 12.4. The van der Waals surface area contributed by atoms with Crippen LogP contribution in [0.15, 0.2) is 18.2 Å². The Kier molecular flexibility index (Phi) is 21.0. The van der Waals surface area contributed by atoms with E-state index >= 15 is 0 Å². The van der Waals surface area contributed by atoms with E-state index in [9.17, 15) is 13.0 Å². The second-order valence-electron chi connectivity index (χ2n) is 9.51. The fourth-order valence-corrected chi connectivity index (χ4v) is 5.04. The zero-order valence-electron chi connectivity index (χ0n) is 22.6. The molecular weight excluding hydrogens is 455 g/mol. The van der Waals surface area contributed by atoms with Crippen LogP contribution in [0.3, 0.4) is 0 Å². The predicted octanol–water partition coefficient (Wildman–Crippen LogP) is 5.33. The summed E-state index contributed by atoms with van der Waals surface area (Å²) in [6.07, 6.45) is 20.3. The second-order valence-corrected chi connectivity index (χ2v) is 11.0. The van der Waals surface area contributed by atoms with E-state index in [-0.39, 0.29) is 36.0 Å². The summed E-state index contributed by atoms with van der Waals surface area (Å²) in [6, 6.07) is 6.12. The van der Waals surface area contributed by atoms with Crippen LogP contribution in [0.2, 0.25) is 0 Å². The smallest absolute Gasteiger partial charge is 0.745 e. The third-order valence-electron chi connectivity index (χ3n) is 6.35. The maximum absolute atomic E-state index is 11.7. The fraction of sp³-hybridized carbons (Fsp3) is 0.786. The zero-order valence-corrected chi connectivity index (χ0v) is 25.4. The Hall–Kier alpha value is -0.0700. The molecule has 34 heavy (non-hydrogen) atoms. The summed E-state index contributed by atoms with van der Waals surface area (Å²) in [7, 11) is -4.49. The first-order chi connectivity index (χ1) is 15.9. The van der Waals surface area contributed by atoms with Gasteiger partial charge in [0, 0.05) is 0 Å². The molecule has 0 bridgehead atoms. The average Bonchev–Trinajstić information content (AvgIpc) is 2.78. The second kappa shape index (κ2) is 21.1. The van der Waals surface area contributed by atoms with Gasteiger partial charge >= 0.3 is 29.6 Å². The molecule has 1 rings (SSSR count). The van der Waals surface area contributed by atoms with E-state index < -0.39 is 15.6 Å². The van der Waals surface area contributed by atoms with Crippen molar-refractivity contribution in [3.8, 4) is 5.75 Å². The minimum atomic E-state index is -4.49. The molecule has 0 aliphatic heterocycles. The van der Waals surface area contributed by atoms with Crippen molar-refractivity contribution in [3.63, 3.8) is 0 Å². The summed E-state index contributed by atoms with van der Waals surface area (Å²) in [6.45, 7) is 6.34. The third-order valence-corrected chi connectivity index (χ3v) is 7.32. The molecule has 0 saturated heterocycles. The maximum atomic E-state index is 11.7. The van der Waals surface area contributed by atoms with Crippen LogP contribution in [0.25, 0.3) is 0 Å². The molecule has 0 aliphatic carbocycles. The van der Waals surface area contributed by atoms with Gasteiger partial charge in [-0.1, -0.05) is 116 Å². The van der Waals surface area contributed by atoms with Gasteiger partial charge in [-0.15, -0.1) is 0 Å². The van der Waals surface area contributed by atoms with Crippen molar-refractivity contribution in [3.05, 3.63) is 29.3 Å². The molecule has 0 heterocycles. The Morgan fingerprint density at radius 2 is 1.24 bits per heavy atom. The maximum Gasteiger partial charge on any atom is 1.00 e. The molecule has 0 aliphatic rings. The molecular formula is C28H49NaO4S. The molecule has 0 saturated carbocycles. The zero-order chi connectivity index (χ0) is 24.4. The standard InChI is InChI=1S/C28H50O4S.Na/c1-4-7-9-11-13-15-17-20-25-22-23-27(32-28(19-6-3)33(29,30)31)26(24-25)21-18-16-14-12-10-8-5-2;/h22-24,28H,4-21H2,1-3H3,(H,29,30,31);/q;+1/p-1. The topological polar surface area (TPSA) is 66.4 Å². The van der Waals surface area contributed by atoms with Crippen molar-refractivity contribution in [2.24, 2.45) is 0 Å². The Morgan fingerprint density at radius 1 is 0.735 bits per heavy atom. The van der Waals surface area contributed by atoms with Gasteiger partial charge in [0.2, 0.25) is 0 Å². The number of rotatable bonds is 21. The SMILES string of the molecule is CCCCCCCCCc1ccc(OC(CCC)S(=O)(=O)[O-])c(CCCCCCCCC)c1.[Na+]. The van der Waals surface area contributed by atoms with Gasteiger partial charge in [0.15, 0.2) is 5.44 Å². The fourth-order valence-electron chi connectivity index (χ4n) is 4.30. The van der Waals surface area contributed by atoms with Crippen molar-refractivity contribution in [2.75, 3.05) is 0 Å². The van der Waals surface area contributed by atoms with Crippen molar-refractivity contribution in [1.82, 2.24) is 0 Å². The number of unbranched alkanes of at least 4 members (excludes halogenated alkanes) is 12. The quantitative estimate of drug-likeness (QED) is 0.129. The molecule has 0 amide bonds. The molecule has 1 atom stereocenters. The summed E-state index contributed by atoms with van der Waals surface area (Å²) in [5.41, 5.74) is 1.03. The average molecular weight is 505 g/mol. The molecule has 0 aromatic heterocycles. The molecule has 6 heteroatoms. The van der Waals surface area contributed by atoms with Crippen LogP contribution < -0.4 is 34.3 Å². The number of ether oxygens (including phenoxy) is 1. The molecule has 0 spiro atoms. The van der Waals surface area contributed by atoms with E-state index in [1.165, 1.54) is 89.0 Å². The van der Waals surface area contributed by atoms with Crippen LogP contribution in [-0.4, -0.2) is 18.4 Å². The number of hydrogen-bond acceptors (Lipinski definition) is 4. The Morgan fingerprint density at radius 3 is 1.74 bits per heavy atom. The Bertz CT molecular complexity index is 721. The first-order valence-electron chi connectivity index (χ1n) is 13.7. The summed E-state index contributed by atoms with van der Waals surface area (Å²) >= 11 is 0. The van der Waals surface area contributed by atoms with Gasteiger partial charge in [0.05, 0.1) is 0 Å². The first kappa shape index (κ1) is 33.9. The van der Waals surface area contributed by atoms with Gasteiger partial charge in [-0.05, 0) is 49.3 Å². The summed E-state index contributed by atoms with van der Waals surface area (Å²) in [5, 5.41) is 0. The summed E-state index contributed by atoms with van der Waals surface area (Å²) in [5.74, 6) is 0.571. The van der Waals surface area contributed by atoms with Crippen LogP contribution in [0.5, 0.6) is 5.75 Å². The van der Waals surface area contributed by atoms with Gasteiger partial charge in [-0.2, -0.15) is 0 Å². The van der Waals surface area contributed by atoms with Gasteiger partial charge in [-0.3, -0.25) is 0 Å². The molecule has 0 fully saturated rings. The Labute approximate surface area is 233 Å². The van der Waals surface area contributed by atoms with Crippen LogP contribution in [0.1, 0.15) is 135 Å². The van der Waals surface area contributed by atoms with Gasteiger partial charge in [-0.25, -0.2) is 8.42 Å². The molecule has 192 valence electrons. The monoisotopic (exact) mass is 504 g/mol. The molecule has 1 aromatic carbocycles. The van der Waals surface area contributed by atoms with Crippen LogP contribution in [0.4, 0.5) is 0 Å². The van der Waals surface area contributed by atoms with Crippen molar-refractivity contribution in [1.29, 1.82) is 0 Å². The largest absolute Gasteiger partial charge is 1.00 e. The van der Waals surface area contributed by atoms with Crippen molar-refractivity contribution < 1.29 is 47.3 Å². The first-order valence-corrected chi connectivity index (χ1v) is 15.1. The van der Waals surface area contributed by atoms with E-state index in [4.69, 9.17) is 4.74 Å². The number of aryl methyl sites for hydroxylation is 2. The molecule has 1 aromatic rings. The minimum Gasteiger partial charge on any atom is -0.745 e. The van der Waals surface area contributed by atoms with Gasteiger partial charge < -0.3 is 9.29 Å². The van der Waals surface area contributed by atoms with Crippen molar-refractivity contribution >= 4 is 10.1 Å². The van der Waals surface area contributed by atoms with E-state index in [2.05, 4.69) is 19.9 Å². The number of hydrogen-bond donors (Lipinski definition) is 0.